The van der Waals surface area contributed by atoms with Gasteiger partial charge in [0.2, 0.25) is 0 Å². The van der Waals surface area contributed by atoms with Crippen LogP contribution in [-0.4, -0.2) is 14.1 Å². The maximum Gasteiger partial charge on any atom is 0.269 e. The van der Waals surface area contributed by atoms with E-state index in [-0.39, 0.29) is 39.6 Å². The summed E-state index contributed by atoms with van der Waals surface area (Å²) >= 11 is 0. The van der Waals surface area contributed by atoms with Crippen LogP contribution in [0.5, 0.6) is 11.5 Å². The van der Waals surface area contributed by atoms with Crippen LogP contribution in [0.2, 0.25) is 0 Å². The molecule has 0 fully saturated rings. The standard InChI is InChI=1S/C77H76N4O/c1-48-38-70(78-44-59(48)51-30-33-60-63(41-51)73(4,5)37-36-72(60,2)3)81-66-25-15-14-22-57(66)58-32-31-54(43-69(58)81)82-53-21-18-20-52(42-53)79-47-80(68-27-17-16-26-67(68)79)71-55(49-28-34-61-64(39-49)76(10,11)45-74(61,6)7)23-19-24-56(71)50-29-35-62-65(40-50)77(12,13)46-75(62,8)9/h14-35,38-44H,36-37,45-46H2,1-13H3/i1D3,2D3,3D3,4D3,5D3,6D3,7D3,8D3,9D3,10D3,11D3,12D3,13D3,28D,29D,34D,35D,36D2,37D2,39D,40D. The Bertz CT molecular complexity index is 6290. The summed E-state index contributed by atoms with van der Waals surface area (Å²) in [6.45, 7) is -51.7. The Morgan fingerprint density at radius 3 is 1.80 bits per heavy atom. The lowest BCUT2D eigenvalue weighted by molar-refractivity contribution is -0.571. The van der Waals surface area contributed by atoms with E-state index in [4.69, 9.17) is 58.2 Å². The summed E-state index contributed by atoms with van der Waals surface area (Å²) in [5, 5.41) is 1.01. The van der Waals surface area contributed by atoms with Crippen LogP contribution in [0.1, 0.15) is 214 Å². The minimum atomic E-state index is -4.43. The lowest BCUT2D eigenvalue weighted by atomic mass is 9.63. The number of ether oxygens (including phenoxy) is 1. The van der Waals surface area contributed by atoms with E-state index in [9.17, 15) is 13.7 Å². The molecule has 3 aromatic heterocycles. The third kappa shape index (κ3) is 8.22. The third-order valence-corrected chi connectivity index (χ3v) is 15.4. The molecule has 3 aliphatic carbocycles. The molecule has 0 bridgehead atoms. The second-order valence-corrected chi connectivity index (χ2v) is 21.2. The van der Waals surface area contributed by atoms with E-state index in [1.54, 1.807) is 36.4 Å². The molecule has 0 atom stereocenters. The number of aryl methyl sites for hydroxylation is 1. The average molecular weight is 1120 g/mol. The molecule has 82 heavy (non-hydrogen) atoms. The molecule has 11 aromatic rings. The first-order chi connectivity index (χ1) is 59.3. The van der Waals surface area contributed by atoms with Crippen molar-refractivity contribution in [1.29, 1.82) is 0 Å². The number of hydrogen-bond donors (Lipinski definition) is 0. The molecule has 0 unspecified atom stereocenters. The SMILES string of the molecule is [2H]c1c([2H])c2c(c([2H])c1-c1cccc(-c3c([2H])c([2H])c4c(c3[2H])C(C([2H])([2H])[2H])(C([2H])([2H])[2H])CC4(C([2H])([2H])[2H])C([2H])([2H])[2H])c1-[n+]1[c-]n(-c3cccc(Oc4ccc5c6ccccc6n(-c6cc(C([2H])([2H])[2H])c(-c7ccc8c(c7)C(C([2H])([2H])[2H])(C([2H])([2H])[2H])C([2H])([2H])C([2H])([2H])C8(C([2H])([2H])[2H])C([2H])([2H])[2H])cn6)c5c4)c3)c3ccccc31)C(C([2H])([2H])[2H])(C([2H])([2H])[2H])CC2(C([2H])([2H])[2H])C([2H])([2H])[2H]. The zero-order valence-corrected chi connectivity index (χ0v) is 42.9. The highest BCUT2D eigenvalue weighted by molar-refractivity contribution is 6.09. The number of fused-ring (bicyclic) bond motifs is 7. The number of aromatic nitrogens is 4. The van der Waals surface area contributed by atoms with Crippen molar-refractivity contribution in [3.63, 3.8) is 0 Å². The lowest BCUT2D eigenvalue weighted by Gasteiger charge is -2.42. The molecular weight excluding hydrogens is 997 g/mol. The van der Waals surface area contributed by atoms with Gasteiger partial charge in [0.25, 0.3) is 6.33 Å². The van der Waals surface area contributed by atoms with Gasteiger partial charge in [0.1, 0.15) is 17.3 Å². The predicted octanol–water partition coefficient (Wildman–Crippen LogP) is 19.6. The lowest BCUT2D eigenvalue weighted by Crippen LogP contribution is -2.33. The molecule has 0 saturated carbocycles. The number of pyridine rings is 1. The van der Waals surface area contributed by atoms with E-state index in [1.165, 1.54) is 63.7 Å². The normalized spacial score (nSPS) is 29.7. The van der Waals surface area contributed by atoms with Crippen molar-refractivity contribution in [2.24, 2.45) is 0 Å². The first-order valence-corrected chi connectivity index (χ1v) is 25.6. The minimum absolute atomic E-state index is 0.00673. The maximum atomic E-state index is 10.3. The zero-order valence-electron chi connectivity index (χ0n) is 91.9. The number of nitrogens with zero attached hydrogens (tertiary/aromatic N) is 4. The Labute approximate surface area is 554 Å². The van der Waals surface area contributed by atoms with Crippen molar-refractivity contribution >= 4 is 32.8 Å². The molecule has 8 aromatic carbocycles. The summed E-state index contributed by atoms with van der Waals surface area (Å²) < 4.78 is 454. The average Bonchev–Trinajstić information content (AvgIpc) is 1.56. The van der Waals surface area contributed by atoms with Crippen LogP contribution in [0, 0.1) is 13.2 Å². The minimum Gasteiger partial charge on any atom is -0.458 e. The monoisotopic (exact) mass is 1120 g/mol. The van der Waals surface area contributed by atoms with Crippen molar-refractivity contribution in [1.82, 2.24) is 14.1 Å². The highest BCUT2D eigenvalue weighted by atomic mass is 16.5. The fourth-order valence-corrected chi connectivity index (χ4v) is 11.7. The molecule has 3 aliphatic rings. The Hall–Kier alpha value is -8.02. The predicted molar refractivity (Wildman–Crippen MR) is 340 cm³/mol. The summed E-state index contributed by atoms with van der Waals surface area (Å²) in [6, 6.07) is 21.4. The van der Waals surface area contributed by atoms with Crippen LogP contribution in [-0.2, 0) is 32.5 Å². The molecule has 410 valence electrons. The van der Waals surface area contributed by atoms with E-state index in [2.05, 4.69) is 11.3 Å². The topological polar surface area (TPSA) is 35.9 Å². The number of benzene rings is 8. The summed E-state index contributed by atoms with van der Waals surface area (Å²) in [5.74, 6) is -0.128. The van der Waals surface area contributed by atoms with E-state index >= 15 is 0 Å². The third-order valence-electron chi connectivity index (χ3n) is 15.4. The van der Waals surface area contributed by atoms with Crippen molar-refractivity contribution in [2.75, 3.05) is 0 Å². The van der Waals surface area contributed by atoms with Gasteiger partial charge in [0, 0.05) is 87.5 Å². The van der Waals surface area contributed by atoms with Crippen molar-refractivity contribution in [2.45, 2.75) is 147 Å². The van der Waals surface area contributed by atoms with Gasteiger partial charge in [0.15, 0.2) is 0 Å². The second-order valence-electron chi connectivity index (χ2n) is 21.2. The fourth-order valence-electron chi connectivity index (χ4n) is 11.7. The smallest absolute Gasteiger partial charge is 0.269 e. The Morgan fingerprint density at radius 2 is 1.12 bits per heavy atom. The summed E-state index contributed by atoms with van der Waals surface area (Å²) in [6.07, 6.45) is -8.34. The van der Waals surface area contributed by atoms with Gasteiger partial charge in [-0.25, -0.2) is 4.98 Å². The summed E-state index contributed by atoms with van der Waals surface area (Å²) in [5.41, 5.74) is -35.4. The fraction of sp³-hybridized carbons (Fsp3) is 0.299. The van der Waals surface area contributed by atoms with Crippen LogP contribution >= 0.6 is 0 Å². The molecule has 0 aliphatic heterocycles. The van der Waals surface area contributed by atoms with Crippen molar-refractivity contribution in [3.8, 4) is 62.1 Å². The first-order valence-electron chi connectivity index (χ1n) is 50.1. The Morgan fingerprint density at radius 1 is 0.512 bits per heavy atom. The molecule has 0 amide bonds. The van der Waals surface area contributed by atoms with E-state index in [0.717, 1.165) is 41.1 Å². The molecule has 5 nitrogen and oxygen atoms in total. The van der Waals surface area contributed by atoms with Crippen molar-refractivity contribution in [3.05, 3.63) is 221 Å². The van der Waals surface area contributed by atoms with Gasteiger partial charge in [-0.2, -0.15) is 0 Å². The van der Waals surface area contributed by atoms with Crippen LogP contribution in [0.15, 0.2) is 176 Å². The molecule has 0 radical (unpaired) electrons. The van der Waals surface area contributed by atoms with Crippen LogP contribution in [0.4, 0.5) is 0 Å². The van der Waals surface area contributed by atoms with Gasteiger partial charge in [-0.1, -0.05) is 203 Å². The molecule has 0 spiro atoms. The van der Waals surface area contributed by atoms with Gasteiger partial charge in [-0.05, 0) is 174 Å². The number of para-hydroxylation sites is 4. The van der Waals surface area contributed by atoms with E-state index in [1.807, 2.05) is 0 Å². The highest BCUT2D eigenvalue weighted by Crippen LogP contribution is 2.53. The summed E-state index contributed by atoms with van der Waals surface area (Å²) in [4.78, 5) is 4.69. The molecular formula is C77H76N4O. The van der Waals surface area contributed by atoms with E-state index in [0.29, 0.717) is 28.4 Å². The Kier molecular flexibility index (Phi) is 4.67. The number of rotatable bonds is 8. The molecule has 5 heteroatoms. The van der Waals surface area contributed by atoms with Gasteiger partial charge >= 0.3 is 0 Å². The summed E-state index contributed by atoms with van der Waals surface area (Å²) in [7, 11) is 0. The number of hydrogen-bond acceptors (Lipinski definition) is 2. The molecule has 0 N–H and O–H groups in total. The maximum absolute atomic E-state index is 10.3. The van der Waals surface area contributed by atoms with Gasteiger partial charge in [-0.3, -0.25) is 13.7 Å². The first kappa shape index (κ1) is 21.3. The number of imidazole rings is 1. The van der Waals surface area contributed by atoms with Gasteiger partial charge in [-0.15, -0.1) is 0 Å². The zero-order chi connectivity index (χ0) is 98.4. The van der Waals surface area contributed by atoms with Crippen LogP contribution in [0.25, 0.3) is 83.4 Å². The Balaban J connectivity index is 0.995. The van der Waals surface area contributed by atoms with Crippen LogP contribution < -0.4 is 9.30 Å². The molecule has 3 heterocycles. The van der Waals surface area contributed by atoms with Gasteiger partial charge < -0.3 is 4.74 Å². The molecule has 14 rings (SSSR count). The quantitative estimate of drug-likeness (QED) is 0.112. The largest absolute Gasteiger partial charge is 0.458 e. The van der Waals surface area contributed by atoms with Crippen molar-refractivity contribution < 1.29 is 76.5 Å². The van der Waals surface area contributed by atoms with Crippen LogP contribution in [0.3, 0.4) is 0 Å². The van der Waals surface area contributed by atoms with Gasteiger partial charge in [0.05, 0.1) is 41.7 Å². The second kappa shape index (κ2) is 18.0. The molecule has 0 saturated heterocycles. The highest BCUT2D eigenvalue weighted by Gasteiger charge is 2.44. The van der Waals surface area contributed by atoms with E-state index < -0.39 is 261 Å².